The molecule has 0 bridgehead atoms. The minimum Gasteiger partial charge on any atom is -0.490 e. The van der Waals surface area contributed by atoms with Crippen LogP contribution in [0.2, 0.25) is 0 Å². The summed E-state index contributed by atoms with van der Waals surface area (Å²) in [5.41, 5.74) is 9.11. The van der Waals surface area contributed by atoms with Crippen LogP contribution in [-0.4, -0.2) is 27.7 Å². The zero-order valence-corrected chi connectivity index (χ0v) is 11.6. The van der Waals surface area contributed by atoms with Crippen molar-refractivity contribution in [2.45, 2.75) is 6.42 Å². The molecule has 5 nitrogen and oxygen atoms in total. The number of ether oxygens (including phenoxy) is 1. The normalized spacial score (nSPS) is 10.9. The van der Waals surface area contributed by atoms with E-state index in [0.717, 1.165) is 16.9 Å². The van der Waals surface area contributed by atoms with Gasteiger partial charge < -0.3 is 20.0 Å². The molecule has 0 unspecified atom stereocenters. The summed E-state index contributed by atoms with van der Waals surface area (Å²) in [7, 11) is 0. The zero-order chi connectivity index (χ0) is 14.7. The summed E-state index contributed by atoms with van der Waals surface area (Å²) in [6.45, 7) is 0.586. The van der Waals surface area contributed by atoms with Gasteiger partial charge in [-0.3, -0.25) is 0 Å². The molecule has 3 rings (SSSR count). The number of aliphatic hydroxyl groups is 1. The maximum atomic E-state index is 8.82. The SMILES string of the molecule is Nc1cccc(-c2cn3cccc(OCCCO)c3n2)c1. The molecule has 0 radical (unpaired) electrons. The lowest BCUT2D eigenvalue weighted by atomic mass is 10.1. The number of hydrogen-bond acceptors (Lipinski definition) is 4. The highest BCUT2D eigenvalue weighted by atomic mass is 16.5. The van der Waals surface area contributed by atoms with Crippen molar-refractivity contribution in [3.05, 3.63) is 48.8 Å². The molecule has 2 heterocycles. The fourth-order valence-corrected chi connectivity index (χ4v) is 2.18. The van der Waals surface area contributed by atoms with Crippen molar-refractivity contribution in [1.29, 1.82) is 0 Å². The number of nitrogens with two attached hydrogens (primary N) is 1. The van der Waals surface area contributed by atoms with Crippen LogP contribution >= 0.6 is 0 Å². The van der Waals surface area contributed by atoms with Crippen LogP contribution in [0.3, 0.4) is 0 Å². The molecule has 3 N–H and O–H groups in total. The van der Waals surface area contributed by atoms with Crippen molar-refractivity contribution in [2.24, 2.45) is 0 Å². The summed E-state index contributed by atoms with van der Waals surface area (Å²) in [4.78, 5) is 4.62. The predicted molar refractivity (Wildman–Crippen MR) is 82.2 cm³/mol. The molecule has 0 aliphatic rings. The number of benzene rings is 1. The van der Waals surface area contributed by atoms with E-state index >= 15 is 0 Å². The van der Waals surface area contributed by atoms with Gasteiger partial charge in [0.1, 0.15) is 0 Å². The Morgan fingerprint density at radius 2 is 2.14 bits per heavy atom. The third kappa shape index (κ3) is 2.83. The zero-order valence-electron chi connectivity index (χ0n) is 11.6. The maximum Gasteiger partial charge on any atom is 0.180 e. The summed E-state index contributed by atoms with van der Waals surface area (Å²) >= 11 is 0. The van der Waals surface area contributed by atoms with Gasteiger partial charge >= 0.3 is 0 Å². The standard InChI is InChI=1S/C16H17N3O2/c17-13-5-1-4-12(10-13)14-11-19-7-2-6-15(16(19)18-14)21-9-3-8-20/h1-2,4-7,10-11,20H,3,8-9,17H2. The van der Waals surface area contributed by atoms with Crippen LogP contribution in [0, 0.1) is 0 Å². The quantitative estimate of drug-likeness (QED) is 0.557. The van der Waals surface area contributed by atoms with E-state index < -0.39 is 0 Å². The number of imidazole rings is 1. The van der Waals surface area contributed by atoms with Crippen molar-refractivity contribution in [3.8, 4) is 17.0 Å². The number of pyridine rings is 1. The van der Waals surface area contributed by atoms with E-state index in [4.69, 9.17) is 15.6 Å². The third-order valence-corrected chi connectivity index (χ3v) is 3.19. The van der Waals surface area contributed by atoms with Gasteiger partial charge in [-0.25, -0.2) is 4.98 Å². The number of fused-ring (bicyclic) bond motifs is 1. The van der Waals surface area contributed by atoms with E-state index in [2.05, 4.69) is 4.98 Å². The topological polar surface area (TPSA) is 72.8 Å². The first-order valence-corrected chi connectivity index (χ1v) is 6.85. The van der Waals surface area contributed by atoms with Crippen molar-refractivity contribution >= 4 is 11.3 Å². The average molecular weight is 283 g/mol. The van der Waals surface area contributed by atoms with Crippen LogP contribution in [0.4, 0.5) is 5.69 Å². The minimum absolute atomic E-state index is 0.117. The van der Waals surface area contributed by atoms with Crippen molar-refractivity contribution in [3.63, 3.8) is 0 Å². The van der Waals surface area contributed by atoms with E-state index in [1.807, 2.05) is 53.2 Å². The Hall–Kier alpha value is -2.53. The van der Waals surface area contributed by atoms with E-state index in [0.29, 0.717) is 24.5 Å². The van der Waals surface area contributed by atoms with Gasteiger partial charge in [0.15, 0.2) is 11.4 Å². The highest BCUT2D eigenvalue weighted by Crippen LogP contribution is 2.25. The van der Waals surface area contributed by atoms with E-state index in [1.54, 1.807) is 0 Å². The Morgan fingerprint density at radius 1 is 1.24 bits per heavy atom. The lowest BCUT2D eigenvalue weighted by Crippen LogP contribution is -2.01. The monoisotopic (exact) mass is 283 g/mol. The van der Waals surface area contributed by atoms with Gasteiger partial charge in [0.25, 0.3) is 0 Å². The number of nitrogens with zero attached hydrogens (tertiary/aromatic N) is 2. The first kappa shape index (κ1) is 13.5. The van der Waals surface area contributed by atoms with Crippen LogP contribution in [0.25, 0.3) is 16.9 Å². The highest BCUT2D eigenvalue weighted by Gasteiger charge is 2.09. The van der Waals surface area contributed by atoms with Crippen LogP contribution in [-0.2, 0) is 0 Å². The number of aliphatic hydroxyl groups excluding tert-OH is 1. The van der Waals surface area contributed by atoms with Crippen molar-refractivity contribution in [1.82, 2.24) is 9.38 Å². The summed E-state index contributed by atoms with van der Waals surface area (Å²) in [5.74, 6) is 0.709. The Balaban J connectivity index is 1.98. The molecule has 1 aromatic carbocycles. The molecular weight excluding hydrogens is 266 g/mol. The summed E-state index contributed by atoms with van der Waals surface area (Å²) in [6.07, 6.45) is 4.48. The Labute approximate surface area is 122 Å². The average Bonchev–Trinajstić information content (AvgIpc) is 2.92. The van der Waals surface area contributed by atoms with Crippen LogP contribution in [0.15, 0.2) is 48.8 Å². The second-order valence-corrected chi connectivity index (χ2v) is 4.78. The predicted octanol–water partition coefficient (Wildman–Crippen LogP) is 2.34. The Bertz CT molecular complexity index is 752. The van der Waals surface area contributed by atoms with Crippen LogP contribution < -0.4 is 10.5 Å². The molecule has 108 valence electrons. The molecule has 3 aromatic rings. The molecule has 5 heteroatoms. The van der Waals surface area contributed by atoms with E-state index in [1.165, 1.54) is 0 Å². The molecule has 0 amide bonds. The number of hydrogen-bond donors (Lipinski definition) is 2. The van der Waals surface area contributed by atoms with Gasteiger partial charge in [0, 0.05) is 36.7 Å². The Kier molecular flexibility index (Phi) is 3.75. The molecule has 0 atom stereocenters. The molecule has 0 aliphatic carbocycles. The number of rotatable bonds is 5. The van der Waals surface area contributed by atoms with Gasteiger partial charge in [-0.2, -0.15) is 0 Å². The molecule has 0 spiro atoms. The first-order chi connectivity index (χ1) is 10.3. The largest absolute Gasteiger partial charge is 0.490 e. The first-order valence-electron chi connectivity index (χ1n) is 6.85. The molecular formula is C16H17N3O2. The number of nitrogen functional groups attached to an aromatic ring is 1. The molecule has 21 heavy (non-hydrogen) atoms. The fourth-order valence-electron chi connectivity index (χ4n) is 2.18. The Morgan fingerprint density at radius 3 is 2.95 bits per heavy atom. The van der Waals surface area contributed by atoms with Gasteiger partial charge in [-0.05, 0) is 24.3 Å². The number of anilines is 1. The molecule has 0 fully saturated rings. The van der Waals surface area contributed by atoms with Crippen molar-refractivity contribution in [2.75, 3.05) is 18.9 Å². The van der Waals surface area contributed by atoms with Gasteiger partial charge in [0.05, 0.1) is 12.3 Å². The van der Waals surface area contributed by atoms with Crippen molar-refractivity contribution < 1.29 is 9.84 Å². The summed E-state index contributed by atoms with van der Waals surface area (Å²) < 4.78 is 7.59. The lowest BCUT2D eigenvalue weighted by Gasteiger charge is -2.05. The minimum atomic E-state index is 0.117. The fraction of sp³-hybridized carbons (Fsp3) is 0.188. The summed E-state index contributed by atoms with van der Waals surface area (Å²) in [6, 6.07) is 11.4. The second kappa shape index (κ2) is 5.85. The third-order valence-electron chi connectivity index (χ3n) is 3.19. The smallest absolute Gasteiger partial charge is 0.180 e. The van der Waals surface area contributed by atoms with E-state index in [-0.39, 0.29) is 6.61 Å². The maximum absolute atomic E-state index is 8.82. The van der Waals surface area contributed by atoms with Crippen LogP contribution in [0.5, 0.6) is 5.75 Å². The highest BCUT2D eigenvalue weighted by molar-refractivity contribution is 5.68. The molecule has 2 aromatic heterocycles. The van der Waals surface area contributed by atoms with Gasteiger partial charge in [0.2, 0.25) is 0 Å². The van der Waals surface area contributed by atoms with Gasteiger partial charge in [-0.1, -0.05) is 12.1 Å². The van der Waals surface area contributed by atoms with Gasteiger partial charge in [-0.15, -0.1) is 0 Å². The van der Waals surface area contributed by atoms with Crippen LogP contribution in [0.1, 0.15) is 6.42 Å². The van der Waals surface area contributed by atoms with E-state index in [9.17, 15) is 0 Å². The lowest BCUT2D eigenvalue weighted by molar-refractivity contribution is 0.234. The molecule has 0 saturated heterocycles. The molecule has 0 saturated carbocycles. The number of aromatic nitrogens is 2. The molecule has 0 aliphatic heterocycles. The second-order valence-electron chi connectivity index (χ2n) is 4.78. The summed E-state index contributed by atoms with van der Waals surface area (Å²) in [5, 5.41) is 8.82.